The second-order valence-electron chi connectivity index (χ2n) is 5.90. The number of ether oxygens (including phenoxy) is 1. The van der Waals surface area contributed by atoms with E-state index in [4.69, 9.17) is 4.74 Å². The maximum absolute atomic E-state index is 12.5. The largest absolute Gasteiger partial charge is 0.422 e. The normalized spacial score (nSPS) is 16.2. The molecular weight excluding hydrogens is 326 g/mol. The van der Waals surface area contributed by atoms with Crippen LogP contribution in [0.1, 0.15) is 27.9 Å². The Morgan fingerprint density at radius 1 is 1.08 bits per heavy atom. The number of esters is 1. The lowest BCUT2D eigenvalue weighted by Crippen LogP contribution is -2.25. The number of anilines is 1. The standard InChI is InChI=1S/C18H19NO4S/c1-13-6-3-7-14(2)17(13)23-18(20)15-8-4-9-16(12-15)19-10-5-11-24(19,21)22/h3-4,6-9,12H,5,10-11H2,1-2H3. The van der Waals surface area contributed by atoms with Crippen molar-refractivity contribution in [1.82, 2.24) is 0 Å². The molecule has 5 nitrogen and oxygen atoms in total. The molecule has 0 unspecified atom stereocenters. The molecule has 2 aromatic rings. The molecule has 1 heterocycles. The van der Waals surface area contributed by atoms with Crippen molar-refractivity contribution in [2.45, 2.75) is 20.3 Å². The highest BCUT2D eigenvalue weighted by Crippen LogP contribution is 2.27. The summed E-state index contributed by atoms with van der Waals surface area (Å²) in [6.45, 7) is 4.20. The van der Waals surface area contributed by atoms with Gasteiger partial charge in [-0.1, -0.05) is 24.3 Å². The van der Waals surface area contributed by atoms with Crippen molar-refractivity contribution in [3.63, 3.8) is 0 Å². The van der Waals surface area contributed by atoms with Crippen molar-refractivity contribution in [2.24, 2.45) is 0 Å². The fraction of sp³-hybridized carbons (Fsp3) is 0.278. The first kappa shape index (κ1) is 16.5. The minimum absolute atomic E-state index is 0.143. The molecule has 0 N–H and O–H groups in total. The third-order valence-corrected chi connectivity index (χ3v) is 5.94. The van der Waals surface area contributed by atoms with E-state index in [9.17, 15) is 13.2 Å². The van der Waals surface area contributed by atoms with E-state index in [2.05, 4.69) is 0 Å². The summed E-state index contributed by atoms with van der Waals surface area (Å²) in [5, 5.41) is 0. The second-order valence-corrected chi connectivity index (χ2v) is 7.92. The van der Waals surface area contributed by atoms with Crippen molar-refractivity contribution in [3.8, 4) is 5.75 Å². The van der Waals surface area contributed by atoms with Gasteiger partial charge in [0.05, 0.1) is 17.0 Å². The monoisotopic (exact) mass is 345 g/mol. The number of benzene rings is 2. The fourth-order valence-electron chi connectivity index (χ4n) is 2.83. The summed E-state index contributed by atoms with van der Waals surface area (Å²) in [6, 6.07) is 12.2. The molecule has 6 heteroatoms. The summed E-state index contributed by atoms with van der Waals surface area (Å²) in [5.41, 5.74) is 2.59. The van der Waals surface area contributed by atoms with Crippen LogP contribution in [0, 0.1) is 13.8 Å². The van der Waals surface area contributed by atoms with Crippen molar-refractivity contribution < 1.29 is 17.9 Å². The molecule has 0 aliphatic carbocycles. The summed E-state index contributed by atoms with van der Waals surface area (Å²) in [5.74, 6) is 0.192. The van der Waals surface area contributed by atoms with Gasteiger partial charge in [0.25, 0.3) is 0 Å². The number of rotatable bonds is 3. The van der Waals surface area contributed by atoms with Gasteiger partial charge in [0.1, 0.15) is 5.75 Å². The zero-order valence-electron chi connectivity index (χ0n) is 13.7. The molecule has 24 heavy (non-hydrogen) atoms. The van der Waals surface area contributed by atoms with Gasteiger partial charge in [-0.05, 0) is 49.6 Å². The predicted octanol–water partition coefficient (Wildman–Crippen LogP) is 3.06. The number of carbonyl (C=O) groups is 1. The van der Waals surface area contributed by atoms with Gasteiger partial charge in [0, 0.05) is 6.54 Å². The Kier molecular flexibility index (Phi) is 4.32. The van der Waals surface area contributed by atoms with Crippen LogP contribution >= 0.6 is 0 Å². The zero-order chi connectivity index (χ0) is 17.3. The molecule has 0 bridgehead atoms. The first-order chi connectivity index (χ1) is 11.4. The number of aryl methyl sites for hydroxylation is 2. The molecule has 126 valence electrons. The summed E-state index contributed by atoms with van der Waals surface area (Å²) in [7, 11) is -3.27. The van der Waals surface area contributed by atoms with Gasteiger partial charge in [0.2, 0.25) is 10.0 Å². The van der Waals surface area contributed by atoms with Crippen molar-refractivity contribution in [2.75, 3.05) is 16.6 Å². The molecule has 0 radical (unpaired) electrons. The van der Waals surface area contributed by atoms with Gasteiger partial charge in [-0.2, -0.15) is 0 Å². The zero-order valence-corrected chi connectivity index (χ0v) is 14.5. The first-order valence-corrected chi connectivity index (χ1v) is 9.38. The lowest BCUT2D eigenvalue weighted by Gasteiger charge is -2.17. The quantitative estimate of drug-likeness (QED) is 0.633. The third-order valence-electron chi connectivity index (χ3n) is 4.07. The number of hydrogen-bond acceptors (Lipinski definition) is 4. The maximum Gasteiger partial charge on any atom is 0.343 e. The van der Waals surface area contributed by atoms with E-state index in [1.54, 1.807) is 24.3 Å². The Labute approximate surface area is 141 Å². The Hall–Kier alpha value is -2.34. The molecule has 1 aliphatic heterocycles. The number of hydrogen-bond donors (Lipinski definition) is 0. The molecule has 3 rings (SSSR count). The van der Waals surface area contributed by atoms with Gasteiger partial charge >= 0.3 is 5.97 Å². The smallest absolute Gasteiger partial charge is 0.343 e. The lowest BCUT2D eigenvalue weighted by molar-refractivity contribution is 0.0732. The summed E-state index contributed by atoms with van der Waals surface area (Å²) in [4.78, 5) is 12.5. The average molecular weight is 345 g/mol. The van der Waals surface area contributed by atoms with Crippen molar-refractivity contribution >= 4 is 21.7 Å². The molecule has 0 spiro atoms. The van der Waals surface area contributed by atoms with Crippen LogP contribution in [0.25, 0.3) is 0 Å². The van der Waals surface area contributed by atoms with E-state index in [0.29, 0.717) is 30.0 Å². The van der Waals surface area contributed by atoms with E-state index in [0.717, 1.165) is 11.1 Å². The number of sulfonamides is 1. The van der Waals surface area contributed by atoms with Gasteiger partial charge in [0.15, 0.2) is 0 Å². The highest BCUT2D eigenvalue weighted by atomic mass is 32.2. The lowest BCUT2D eigenvalue weighted by atomic mass is 10.1. The van der Waals surface area contributed by atoms with Crippen LogP contribution in [0.3, 0.4) is 0 Å². The van der Waals surface area contributed by atoms with Gasteiger partial charge in [-0.15, -0.1) is 0 Å². The Bertz CT molecular complexity index is 869. The van der Waals surface area contributed by atoms with E-state index in [1.807, 2.05) is 32.0 Å². The molecule has 1 fully saturated rings. The number of nitrogens with zero attached hydrogens (tertiary/aromatic N) is 1. The summed E-state index contributed by atoms with van der Waals surface area (Å²) < 4.78 is 30.9. The van der Waals surface area contributed by atoms with Crippen LogP contribution in [0.2, 0.25) is 0 Å². The Morgan fingerprint density at radius 3 is 2.38 bits per heavy atom. The van der Waals surface area contributed by atoms with Gasteiger partial charge < -0.3 is 4.74 Å². The van der Waals surface area contributed by atoms with Crippen LogP contribution in [-0.4, -0.2) is 26.7 Å². The van der Waals surface area contributed by atoms with E-state index < -0.39 is 16.0 Å². The maximum atomic E-state index is 12.5. The van der Waals surface area contributed by atoms with Crippen LogP contribution in [0.5, 0.6) is 5.75 Å². The molecule has 0 amide bonds. The van der Waals surface area contributed by atoms with Crippen LogP contribution in [-0.2, 0) is 10.0 Å². The third kappa shape index (κ3) is 3.14. The molecule has 2 aromatic carbocycles. The topological polar surface area (TPSA) is 63.7 Å². The number of carbonyl (C=O) groups excluding carboxylic acids is 1. The summed E-state index contributed by atoms with van der Waals surface area (Å²) in [6.07, 6.45) is 0.597. The van der Waals surface area contributed by atoms with Gasteiger partial charge in [-0.3, -0.25) is 4.31 Å². The van der Waals surface area contributed by atoms with Crippen molar-refractivity contribution in [3.05, 3.63) is 59.2 Å². The minimum Gasteiger partial charge on any atom is -0.422 e. The number of para-hydroxylation sites is 1. The molecule has 0 aromatic heterocycles. The second kappa shape index (κ2) is 6.28. The SMILES string of the molecule is Cc1cccc(C)c1OC(=O)c1cccc(N2CCCS2(=O)=O)c1. The predicted molar refractivity (Wildman–Crippen MR) is 93.1 cm³/mol. The van der Waals surface area contributed by atoms with E-state index in [-0.39, 0.29) is 5.75 Å². The van der Waals surface area contributed by atoms with Gasteiger partial charge in [-0.25, -0.2) is 13.2 Å². The van der Waals surface area contributed by atoms with Crippen LogP contribution in [0.4, 0.5) is 5.69 Å². The minimum atomic E-state index is -3.27. The van der Waals surface area contributed by atoms with Crippen LogP contribution in [0.15, 0.2) is 42.5 Å². The van der Waals surface area contributed by atoms with Crippen molar-refractivity contribution in [1.29, 1.82) is 0 Å². The summed E-state index contributed by atoms with van der Waals surface area (Å²) >= 11 is 0. The molecule has 1 aliphatic rings. The Morgan fingerprint density at radius 2 is 1.75 bits per heavy atom. The molecule has 0 saturated carbocycles. The highest BCUT2D eigenvalue weighted by Gasteiger charge is 2.28. The fourth-order valence-corrected chi connectivity index (χ4v) is 4.39. The first-order valence-electron chi connectivity index (χ1n) is 7.77. The Balaban J connectivity index is 1.88. The highest BCUT2D eigenvalue weighted by molar-refractivity contribution is 7.93. The van der Waals surface area contributed by atoms with E-state index in [1.165, 1.54) is 4.31 Å². The molecular formula is C18H19NO4S. The van der Waals surface area contributed by atoms with E-state index >= 15 is 0 Å². The van der Waals surface area contributed by atoms with Crippen LogP contribution < -0.4 is 9.04 Å². The molecule has 1 saturated heterocycles. The average Bonchev–Trinajstić information content (AvgIpc) is 2.90. The molecule has 0 atom stereocenters.